The number of ketones is 2. The van der Waals surface area contributed by atoms with Crippen molar-refractivity contribution in [2.24, 2.45) is 0 Å². The van der Waals surface area contributed by atoms with Gasteiger partial charge in [0.1, 0.15) is 19.3 Å². The largest absolute Gasteiger partial charge is 0.504 e. The summed E-state index contributed by atoms with van der Waals surface area (Å²) in [6.45, 7) is -1.27. The van der Waals surface area contributed by atoms with Gasteiger partial charge in [0.2, 0.25) is 0 Å². The molecule has 0 spiro atoms. The summed E-state index contributed by atoms with van der Waals surface area (Å²) in [5.74, 6) is -4.14. The fourth-order valence-corrected chi connectivity index (χ4v) is 3.91. The number of aliphatic hydroxyl groups is 2. The van der Waals surface area contributed by atoms with Gasteiger partial charge >= 0.3 is 5.97 Å². The zero-order valence-electron chi connectivity index (χ0n) is 20.5. The van der Waals surface area contributed by atoms with Crippen LogP contribution in [-0.4, -0.2) is 90.4 Å². The number of rotatable bonds is 11. The van der Waals surface area contributed by atoms with Crippen molar-refractivity contribution in [2.75, 3.05) is 13.2 Å². The van der Waals surface area contributed by atoms with Gasteiger partial charge in [-0.3, -0.25) is 9.59 Å². The predicted octanol–water partition coefficient (Wildman–Crippen LogP) is 1.11. The minimum Gasteiger partial charge on any atom is -0.504 e. The lowest BCUT2D eigenvalue weighted by molar-refractivity contribution is -0.205. The Balaban J connectivity index is 1.62. The smallest absolute Gasteiger partial charge is 0.336 e. The highest BCUT2D eigenvalue weighted by Crippen LogP contribution is 2.35. The van der Waals surface area contributed by atoms with Gasteiger partial charge in [-0.2, -0.15) is 0 Å². The molecule has 2 aromatic carbocycles. The molecule has 12 heteroatoms. The number of ether oxygens (including phenoxy) is 2. The number of aromatic hydroxyl groups is 4. The number of benzene rings is 2. The maximum atomic E-state index is 12.3. The lowest BCUT2D eigenvalue weighted by atomic mass is 9.79. The van der Waals surface area contributed by atoms with Gasteiger partial charge in [0.05, 0.1) is 12.2 Å². The summed E-state index contributed by atoms with van der Waals surface area (Å²) in [6.07, 6.45) is -0.551. The van der Waals surface area contributed by atoms with Crippen LogP contribution in [0.4, 0.5) is 0 Å². The van der Waals surface area contributed by atoms with Crippen LogP contribution in [0.1, 0.15) is 24.0 Å². The van der Waals surface area contributed by atoms with Crippen molar-refractivity contribution in [1.82, 2.24) is 0 Å². The Hall–Kier alpha value is -4.23. The Morgan fingerprint density at radius 2 is 1.31 bits per heavy atom. The number of carbonyl (C=O) groups is 3. The first-order valence-corrected chi connectivity index (χ1v) is 11.7. The van der Waals surface area contributed by atoms with Crippen molar-refractivity contribution < 1.29 is 59.6 Å². The van der Waals surface area contributed by atoms with Crippen molar-refractivity contribution in [1.29, 1.82) is 0 Å². The minimum absolute atomic E-state index is 0.328. The number of carboxylic acid groups (broad SMARTS) is 1. The van der Waals surface area contributed by atoms with Crippen molar-refractivity contribution in [2.45, 2.75) is 36.8 Å². The molecular weight excluding hydrogens is 516 g/mol. The Morgan fingerprint density at radius 3 is 1.79 bits per heavy atom. The van der Waals surface area contributed by atoms with Crippen LogP contribution >= 0.6 is 0 Å². The highest BCUT2D eigenvalue weighted by Gasteiger charge is 2.52. The lowest BCUT2D eigenvalue weighted by Crippen LogP contribution is -2.58. The summed E-state index contributed by atoms with van der Waals surface area (Å²) in [4.78, 5) is 36.7. The molecule has 3 rings (SSSR count). The summed E-state index contributed by atoms with van der Waals surface area (Å²) in [5.41, 5.74) is -1.30. The van der Waals surface area contributed by atoms with E-state index in [1.165, 1.54) is 48.6 Å². The molecule has 1 saturated carbocycles. The van der Waals surface area contributed by atoms with Crippen molar-refractivity contribution in [3.8, 4) is 23.0 Å². The van der Waals surface area contributed by atoms with Crippen LogP contribution < -0.4 is 0 Å². The summed E-state index contributed by atoms with van der Waals surface area (Å²) < 4.78 is 10.8. The minimum atomic E-state index is -2.09. The molecule has 0 aromatic heterocycles. The molecule has 7 N–H and O–H groups in total. The zero-order chi connectivity index (χ0) is 28.7. The number of aliphatic hydroxyl groups excluding tert-OH is 2. The Kier molecular flexibility index (Phi) is 9.43. The van der Waals surface area contributed by atoms with E-state index < -0.39 is 67.5 Å². The zero-order valence-corrected chi connectivity index (χ0v) is 20.5. The lowest BCUT2D eigenvalue weighted by Gasteiger charge is -2.42. The fourth-order valence-electron chi connectivity index (χ4n) is 3.91. The maximum Gasteiger partial charge on any atom is 0.336 e. The van der Waals surface area contributed by atoms with Gasteiger partial charge in [-0.15, -0.1) is 0 Å². The van der Waals surface area contributed by atoms with Gasteiger partial charge < -0.3 is 45.2 Å². The number of hydrogen-bond donors (Lipinski definition) is 7. The van der Waals surface area contributed by atoms with E-state index in [-0.39, 0.29) is 23.0 Å². The van der Waals surface area contributed by atoms with E-state index in [2.05, 4.69) is 0 Å². The first kappa shape index (κ1) is 29.3. The highest BCUT2D eigenvalue weighted by molar-refractivity contribution is 5.95. The average Bonchev–Trinajstić information content (AvgIpc) is 2.89. The Labute approximate surface area is 222 Å². The van der Waals surface area contributed by atoms with Crippen molar-refractivity contribution >= 4 is 29.7 Å². The van der Waals surface area contributed by atoms with E-state index in [9.17, 15) is 50.1 Å². The number of phenolic OH excluding ortho intramolecular Hbond substituents is 4. The molecule has 2 aromatic rings. The number of hydrogen-bond acceptors (Lipinski definition) is 11. The standard InChI is InChI=1S/C27H28O12/c28-17(5-1-15-3-7-19(30)21(32)9-15)13-38-24-12-27(26(36)37,11-23(34)25(24)35)39-14-18(29)6-2-16-4-8-20(31)22(33)10-16/h1-10,23-25,30-35H,11-14H2,(H,36,37)/b5-1+,6-2+/t23-,24-,25-,27+/m1/s1. The van der Waals surface area contributed by atoms with E-state index >= 15 is 0 Å². The molecule has 39 heavy (non-hydrogen) atoms. The first-order valence-electron chi connectivity index (χ1n) is 11.7. The van der Waals surface area contributed by atoms with Crippen molar-refractivity contribution in [3.63, 3.8) is 0 Å². The van der Waals surface area contributed by atoms with E-state index in [0.29, 0.717) is 11.1 Å². The summed E-state index contributed by atoms with van der Waals surface area (Å²) in [7, 11) is 0. The van der Waals surface area contributed by atoms with Gasteiger partial charge in [0, 0.05) is 12.8 Å². The molecule has 4 atom stereocenters. The van der Waals surface area contributed by atoms with Crippen LogP contribution in [0, 0.1) is 0 Å². The topological polar surface area (TPSA) is 211 Å². The molecule has 208 valence electrons. The quantitative estimate of drug-likeness (QED) is 0.157. The average molecular weight is 545 g/mol. The first-order chi connectivity index (χ1) is 18.4. The monoisotopic (exact) mass is 544 g/mol. The second-order valence-corrected chi connectivity index (χ2v) is 9.00. The van der Waals surface area contributed by atoms with Gasteiger partial charge in [-0.25, -0.2) is 4.79 Å². The molecule has 0 radical (unpaired) electrons. The SMILES string of the molecule is O=C(/C=C/c1ccc(O)c(O)c1)CO[C@@H]1C[C@](OCC(=O)/C=C/c2ccc(O)c(O)c2)(C(=O)O)C[C@@H](O)[C@H]1O. The van der Waals surface area contributed by atoms with Crippen LogP contribution in [0.25, 0.3) is 12.2 Å². The molecule has 0 amide bonds. The van der Waals surface area contributed by atoms with Crippen LogP contribution in [-0.2, 0) is 23.9 Å². The molecule has 0 unspecified atom stereocenters. The van der Waals surface area contributed by atoms with Crippen LogP contribution in [0.15, 0.2) is 48.6 Å². The van der Waals surface area contributed by atoms with E-state index in [0.717, 1.165) is 12.2 Å². The normalized spacial score (nSPS) is 23.3. The predicted molar refractivity (Wildman–Crippen MR) is 135 cm³/mol. The molecule has 0 bridgehead atoms. The summed E-state index contributed by atoms with van der Waals surface area (Å²) >= 11 is 0. The Morgan fingerprint density at radius 1 is 0.795 bits per heavy atom. The fraction of sp³-hybridized carbons (Fsp3) is 0.296. The van der Waals surface area contributed by atoms with E-state index in [4.69, 9.17) is 9.47 Å². The third kappa shape index (κ3) is 7.65. The van der Waals surface area contributed by atoms with Gasteiger partial charge in [-0.05, 0) is 47.5 Å². The van der Waals surface area contributed by atoms with E-state index in [1.807, 2.05) is 0 Å². The molecular formula is C27H28O12. The summed E-state index contributed by atoms with van der Waals surface area (Å²) in [6, 6.07) is 7.78. The highest BCUT2D eigenvalue weighted by atomic mass is 16.5. The molecule has 0 heterocycles. The third-order valence-electron chi connectivity index (χ3n) is 6.09. The molecule has 1 aliphatic rings. The second kappa shape index (κ2) is 12.5. The van der Waals surface area contributed by atoms with Crippen LogP contribution in [0.5, 0.6) is 23.0 Å². The van der Waals surface area contributed by atoms with Crippen LogP contribution in [0.3, 0.4) is 0 Å². The number of phenols is 4. The molecule has 0 saturated heterocycles. The van der Waals surface area contributed by atoms with Gasteiger partial charge in [-0.1, -0.05) is 24.3 Å². The molecule has 1 fully saturated rings. The molecule has 1 aliphatic carbocycles. The van der Waals surface area contributed by atoms with Crippen molar-refractivity contribution in [3.05, 3.63) is 59.7 Å². The summed E-state index contributed by atoms with van der Waals surface area (Å²) in [5, 5.41) is 68.2. The number of carboxylic acids is 1. The van der Waals surface area contributed by atoms with Gasteiger partial charge in [0.25, 0.3) is 0 Å². The molecule has 0 aliphatic heterocycles. The third-order valence-corrected chi connectivity index (χ3v) is 6.09. The second-order valence-electron chi connectivity index (χ2n) is 9.00. The Bertz CT molecular complexity index is 1280. The number of carbonyl (C=O) groups excluding carboxylic acids is 2. The van der Waals surface area contributed by atoms with Crippen LogP contribution in [0.2, 0.25) is 0 Å². The number of aliphatic carboxylic acids is 1. The van der Waals surface area contributed by atoms with Gasteiger partial charge in [0.15, 0.2) is 40.2 Å². The van der Waals surface area contributed by atoms with E-state index in [1.54, 1.807) is 0 Å². The maximum absolute atomic E-state index is 12.3. The molecule has 12 nitrogen and oxygen atoms in total.